The molecule has 126 valence electrons. The van der Waals surface area contributed by atoms with Gasteiger partial charge in [-0.3, -0.25) is 9.89 Å². The Morgan fingerprint density at radius 3 is 2.71 bits per heavy atom. The molecule has 5 nitrogen and oxygen atoms in total. The second kappa shape index (κ2) is 6.97. The molecule has 1 aliphatic heterocycles. The van der Waals surface area contributed by atoms with Crippen LogP contribution in [0.2, 0.25) is 0 Å². The van der Waals surface area contributed by atoms with E-state index in [0.717, 1.165) is 17.0 Å². The fraction of sp³-hybridized carbons (Fsp3) is 0.333. The number of nitrogens with one attached hydrogen (secondary N) is 1. The lowest BCUT2D eigenvalue weighted by molar-refractivity contribution is 0.104. The molecule has 6 heteroatoms. The molecule has 0 bridgehead atoms. The number of aryl methyl sites for hydroxylation is 2. The normalized spacial score (nSPS) is 15.2. The number of carbonyl (C=O) groups is 1. The number of aromatic amines is 1. The summed E-state index contributed by atoms with van der Waals surface area (Å²) < 4.78 is 19.6. The average molecular weight is 329 g/mol. The quantitative estimate of drug-likeness (QED) is 0.692. The minimum absolute atomic E-state index is 0.234. The fourth-order valence-electron chi connectivity index (χ4n) is 2.78. The molecule has 0 radical (unpaired) electrons. The van der Waals surface area contributed by atoms with Crippen LogP contribution in [0.1, 0.15) is 27.3 Å². The smallest absolute Gasteiger partial charge is 0.185 e. The minimum atomic E-state index is -0.383. The van der Waals surface area contributed by atoms with Gasteiger partial charge in [0.2, 0.25) is 0 Å². The summed E-state index contributed by atoms with van der Waals surface area (Å²) >= 11 is 0. The second-order valence-corrected chi connectivity index (χ2v) is 5.81. The highest BCUT2D eigenvalue weighted by Gasteiger charge is 2.16. The number of nitrogens with zero attached hydrogens (tertiary/aromatic N) is 2. The average Bonchev–Trinajstić information content (AvgIpc) is 2.91. The Labute approximate surface area is 140 Å². The van der Waals surface area contributed by atoms with E-state index in [4.69, 9.17) is 4.74 Å². The van der Waals surface area contributed by atoms with Crippen molar-refractivity contribution in [2.24, 2.45) is 0 Å². The van der Waals surface area contributed by atoms with Crippen LogP contribution in [0.15, 0.2) is 24.3 Å². The number of ether oxygens (including phenoxy) is 1. The summed E-state index contributed by atoms with van der Waals surface area (Å²) in [6, 6.07) is 4.62. The molecule has 2 heterocycles. The SMILES string of the molecule is Cc1n[nH]c(C)c1/C=C/C(=O)c1ccc(N2CCOCC2)c(F)c1. The van der Waals surface area contributed by atoms with Crippen LogP contribution in [0, 0.1) is 19.7 Å². The van der Waals surface area contributed by atoms with Crippen LogP contribution in [0.5, 0.6) is 0 Å². The molecule has 0 aliphatic carbocycles. The van der Waals surface area contributed by atoms with Gasteiger partial charge in [0.05, 0.1) is 24.6 Å². The highest BCUT2D eigenvalue weighted by molar-refractivity contribution is 6.07. The summed E-state index contributed by atoms with van der Waals surface area (Å²) in [5.74, 6) is -0.616. The number of ketones is 1. The summed E-state index contributed by atoms with van der Waals surface area (Å²) in [7, 11) is 0. The second-order valence-electron chi connectivity index (χ2n) is 5.81. The van der Waals surface area contributed by atoms with E-state index in [-0.39, 0.29) is 11.6 Å². The van der Waals surface area contributed by atoms with Crippen molar-refractivity contribution >= 4 is 17.5 Å². The van der Waals surface area contributed by atoms with Crippen LogP contribution >= 0.6 is 0 Å². The van der Waals surface area contributed by atoms with Crippen molar-refractivity contribution in [3.05, 3.63) is 52.6 Å². The molecule has 1 aliphatic rings. The van der Waals surface area contributed by atoms with Gasteiger partial charge in [0.25, 0.3) is 0 Å². The van der Waals surface area contributed by atoms with Gasteiger partial charge in [0.1, 0.15) is 5.82 Å². The van der Waals surface area contributed by atoms with Gasteiger partial charge in [-0.2, -0.15) is 5.10 Å². The third-order valence-electron chi connectivity index (χ3n) is 4.17. The Balaban J connectivity index is 1.77. The summed E-state index contributed by atoms with van der Waals surface area (Å²) in [4.78, 5) is 14.2. The van der Waals surface area contributed by atoms with Gasteiger partial charge in [-0.25, -0.2) is 4.39 Å². The molecule has 3 rings (SSSR count). The van der Waals surface area contributed by atoms with Gasteiger partial charge in [-0.15, -0.1) is 0 Å². The minimum Gasteiger partial charge on any atom is -0.378 e. The van der Waals surface area contributed by atoms with Crippen molar-refractivity contribution in [3.8, 4) is 0 Å². The number of H-pyrrole nitrogens is 1. The van der Waals surface area contributed by atoms with Crippen LogP contribution < -0.4 is 4.90 Å². The Kier molecular flexibility index (Phi) is 4.76. The van der Waals surface area contributed by atoms with E-state index < -0.39 is 0 Å². The Hall–Kier alpha value is -2.47. The number of hydrogen-bond donors (Lipinski definition) is 1. The molecule has 24 heavy (non-hydrogen) atoms. The van der Waals surface area contributed by atoms with Gasteiger partial charge < -0.3 is 9.64 Å². The van der Waals surface area contributed by atoms with Gasteiger partial charge in [0, 0.05) is 29.9 Å². The van der Waals surface area contributed by atoms with Crippen LogP contribution in [-0.2, 0) is 4.74 Å². The lowest BCUT2D eigenvalue weighted by atomic mass is 10.1. The molecule has 0 spiro atoms. The predicted octanol–water partition coefficient (Wildman–Crippen LogP) is 2.90. The van der Waals surface area contributed by atoms with E-state index in [1.54, 1.807) is 18.2 Å². The maximum absolute atomic E-state index is 14.4. The van der Waals surface area contributed by atoms with E-state index in [9.17, 15) is 9.18 Å². The molecule has 1 saturated heterocycles. The van der Waals surface area contributed by atoms with Crippen molar-refractivity contribution in [2.45, 2.75) is 13.8 Å². The first-order chi connectivity index (χ1) is 11.6. The standard InChI is InChI=1S/C18H20FN3O2/c1-12-15(13(2)21-20-12)4-6-18(23)14-3-5-17(16(19)11-14)22-7-9-24-10-8-22/h3-6,11H,7-10H2,1-2H3,(H,20,21)/b6-4+. The number of anilines is 1. The van der Waals surface area contributed by atoms with Crippen LogP contribution in [-0.4, -0.2) is 42.3 Å². The first-order valence-electron chi connectivity index (χ1n) is 7.92. The molecule has 1 fully saturated rings. The number of allylic oxidation sites excluding steroid dienone is 1. The zero-order chi connectivity index (χ0) is 17.1. The fourth-order valence-corrected chi connectivity index (χ4v) is 2.78. The summed E-state index contributed by atoms with van der Waals surface area (Å²) in [6.45, 7) is 6.25. The molecule has 0 atom stereocenters. The lowest BCUT2D eigenvalue weighted by Crippen LogP contribution is -2.36. The summed E-state index contributed by atoms with van der Waals surface area (Å²) in [5.41, 5.74) is 3.45. The summed E-state index contributed by atoms with van der Waals surface area (Å²) in [6.07, 6.45) is 3.17. The largest absolute Gasteiger partial charge is 0.378 e. The van der Waals surface area contributed by atoms with Gasteiger partial charge in [-0.05, 0) is 44.2 Å². The number of carbonyl (C=O) groups excluding carboxylic acids is 1. The Morgan fingerprint density at radius 1 is 1.33 bits per heavy atom. The Bertz CT molecular complexity index is 757. The van der Waals surface area contributed by atoms with Crippen molar-refractivity contribution in [1.82, 2.24) is 10.2 Å². The van der Waals surface area contributed by atoms with Crippen molar-refractivity contribution < 1.29 is 13.9 Å². The van der Waals surface area contributed by atoms with Crippen LogP contribution in [0.25, 0.3) is 6.08 Å². The number of benzene rings is 1. The monoisotopic (exact) mass is 329 g/mol. The first-order valence-corrected chi connectivity index (χ1v) is 7.92. The summed E-state index contributed by atoms with van der Waals surface area (Å²) in [5, 5.41) is 6.95. The van der Waals surface area contributed by atoms with E-state index in [0.29, 0.717) is 37.6 Å². The van der Waals surface area contributed by atoms with E-state index in [1.807, 2.05) is 18.7 Å². The van der Waals surface area contributed by atoms with Crippen molar-refractivity contribution in [3.63, 3.8) is 0 Å². The van der Waals surface area contributed by atoms with Gasteiger partial charge in [0.15, 0.2) is 5.78 Å². The van der Waals surface area contributed by atoms with Gasteiger partial charge >= 0.3 is 0 Å². The molecule has 1 aromatic heterocycles. The number of hydrogen-bond acceptors (Lipinski definition) is 4. The molecule has 0 amide bonds. The van der Waals surface area contributed by atoms with Crippen LogP contribution in [0.3, 0.4) is 0 Å². The van der Waals surface area contributed by atoms with Crippen LogP contribution in [0.4, 0.5) is 10.1 Å². The maximum Gasteiger partial charge on any atom is 0.185 e. The van der Waals surface area contributed by atoms with E-state index in [2.05, 4.69) is 10.2 Å². The Morgan fingerprint density at radius 2 is 2.08 bits per heavy atom. The third kappa shape index (κ3) is 3.38. The number of halogens is 1. The molecule has 0 unspecified atom stereocenters. The first kappa shape index (κ1) is 16.4. The number of aromatic nitrogens is 2. The molecule has 0 saturated carbocycles. The molecular weight excluding hydrogens is 309 g/mol. The third-order valence-corrected chi connectivity index (χ3v) is 4.17. The highest BCUT2D eigenvalue weighted by Crippen LogP contribution is 2.22. The molecule has 2 aromatic rings. The predicted molar refractivity (Wildman–Crippen MR) is 90.9 cm³/mol. The maximum atomic E-state index is 14.4. The molecule has 1 aromatic carbocycles. The van der Waals surface area contributed by atoms with Crippen molar-refractivity contribution in [2.75, 3.05) is 31.2 Å². The molecular formula is C18H20FN3O2. The van der Waals surface area contributed by atoms with E-state index >= 15 is 0 Å². The highest BCUT2D eigenvalue weighted by atomic mass is 19.1. The molecule has 1 N–H and O–H groups in total. The lowest BCUT2D eigenvalue weighted by Gasteiger charge is -2.29. The van der Waals surface area contributed by atoms with Gasteiger partial charge in [-0.1, -0.05) is 0 Å². The zero-order valence-electron chi connectivity index (χ0n) is 13.8. The number of morpholine rings is 1. The van der Waals surface area contributed by atoms with Crippen molar-refractivity contribution in [1.29, 1.82) is 0 Å². The zero-order valence-corrected chi connectivity index (χ0v) is 13.8. The topological polar surface area (TPSA) is 58.2 Å². The number of rotatable bonds is 4. The van der Waals surface area contributed by atoms with E-state index in [1.165, 1.54) is 12.1 Å².